The van der Waals surface area contributed by atoms with Crippen LogP contribution in [0.2, 0.25) is 0 Å². The highest BCUT2D eigenvalue weighted by atomic mass is 16.5. The van der Waals surface area contributed by atoms with Crippen molar-refractivity contribution in [2.24, 2.45) is 0 Å². The molecule has 1 saturated heterocycles. The molecule has 5 nitrogen and oxygen atoms in total. The van der Waals surface area contributed by atoms with Gasteiger partial charge in [-0.15, -0.1) is 0 Å². The Morgan fingerprint density at radius 2 is 1.88 bits per heavy atom. The third-order valence-corrected chi connectivity index (χ3v) is 4.26. The summed E-state index contributed by atoms with van der Waals surface area (Å²) in [6, 6.07) is 12.3. The number of aromatic nitrogens is 2. The Balaban J connectivity index is 1.84. The molecule has 0 atom stereocenters. The van der Waals surface area contributed by atoms with Crippen LogP contribution in [-0.4, -0.2) is 43.3 Å². The molecule has 0 bridgehead atoms. The zero-order valence-corrected chi connectivity index (χ0v) is 14.4. The van der Waals surface area contributed by atoms with E-state index in [-0.39, 0.29) is 0 Å². The molecule has 3 rings (SSSR count). The van der Waals surface area contributed by atoms with Crippen LogP contribution in [0.4, 0.5) is 11.6 Å². The van der Waals surface area contributed by atoms with E-state index in [1.807, 2.05) is 18.2 Å². The van der Waals surface area contributed by atoms with Crippen molar-refractivity contribution in [1.29, 1.82) is 0 Å². The Morgan fingerprint density at radius 3 is 2.62 bits per heavy atom. The van der Waals surface area contributed by atoms with Crippen LogP contribution in [0.5, 0.6) is 0 Å². The van der Waals surface area contributed by atoms with Gasteiger partial charge in [-0.2, -0.15) is 0 Å². The van der Waals surface area contributed by atoms with E-state index in [2.05, 4.69) is 28.4 Å². The van der Waals surface area contributed by atoms with Gasteiger partial charge in [-0.05, 0) is 25.7 Å². The van der Waals surface area contributed by atoms with Gasteiger partial charge < -0.3 is 15.0 Å². The van der Waals surface area contributed by atoms with Gasteiger partial charge in [0.1, 0.15) is 11.6 Å². The summed E-state index contributed by atoms with van der Waals surface area (Å²) in [6.07, 6.45) is 4.75. The van der Waals surface area contributed by atoms with Crippen molar-refractivity contribution in [3.63, 3.8) is 0 Å². The number of benzene rings is 1. The maximum atomic E-state index is 5.11. The van der Waals surface area contributed by atoms with Gasteiger partial charge in [0.25, 0.3) is 0 Å². The molecule has 0 saturated carbocycles. The van der Waals surface area contributed by atoms with E-state index in [0.29, 0.717) is 0 Å². The molecule has 1 aliphatic heterocycles. The van der Waals surface area contributed by atoms with E-state index in [0.717, 1.165) is 55.7 Å². The first-order chi connectivity index (χ1) is 11.9. The number of hydrogen-bond acceptors (Lipinski definition) is 5. The molecular weight excluding hydrogens is 300 g/mol. The van der Waals surface area contributed by atoms with Crippen LogP contribution < -0.4 is 10.2 Å². The number of anilines is 2. The molecule has 1 fully saturated rings. The molecule has 2 heterocycles. The molecule has 1 N–H and O–H groups in total. The van der Waals surface area contributed by atoms with E-state index >= 15 is 0 Å². The lowest BCUT2D eigenvalue weighted by Gasteiger charge is -2.28. The number of methoxy groups -OCH3 is 1. The lowest BCUT2D eigenvalue weighted by molar-refractivity contribution is 0.198. The van der Waals surface area contributed by atoms with E-state index in [4.69, 9.17) is 14.7 Å². The Morgan fingerprint density at radius 1 is 1.08 bits per heavy atom. The fraction of sp³-hybridized carbons (Fsp3) is 0.474. The molecule has 1 aromatic heterocycles. The quantitative estimate of drug-likeness (QED) is 0.788. The van der Waals surface area contributed by atoms with Gasteiger partial charge in [-0.25, -0.2) is 9.97 Å². The monoisotopic (exact) mass is 326 g/mol. The molecule has 0 spiro atoms. The van der Waals surface area contributed by atoms with E-state index < -0.39 is 0 Å². The van der Waals surface area contributed by atoms with Crippen LogP contribution >= 0.6 is 0 Å². The first kappa shape index (κ1) is 16.7. The number of nitrogens with one attached hydrogen (secondary N) is 1. The highest BCUT2D eigenvalue weighted by Gasteiger charge is 2.15. The third kappa shape index (κ3) is 4.45. The normalized spacial score (nSPS) is 14.6. The first-order valence-corrected chi connectivity index (χ1v) is 8.79. The van der Waals surface area contributed by atoms with Crippen LogP contribution in [-0.2, 0) is 4.74 Å². The number of piperidine rings is 1. The summed E-state index contributed by atoms with van der Waals surface area (Å²) in [5.41, 5.74) is 1.05. The van der Waals surface area contributed by atoms with E-state index in [1.165, 1.54) is 19.3 Å². The Kier molecular flexibility index (Phi) is 6.01. The summed E-state index contributed by atoms with van der Waals surface area (Å²) in [5.74, 6) is 2.70. The highest BCUT2D eigenvalue weighted by Crippen LogP contribution is 2.24. The van der Waals surface area contributed by atoms with Crippen molar-refractivity contribution in [2.75, 3.05) is 43.6 Å². The predicted octanol–water partition coefficient (Wildman–Crippen LogP) is 3.58. The van der Waals surface area contributed by atoms with Gasteiger partial charge in [0.15, 0.2) is 5.82 Å². The summed E-state index contributed by atoms with van der Waals surface area (Å²) >= 11 is 0. The van der Waals surface area contributed by atoms with Crippen LogP contribution in [0.15, 0.2) is 36.4 Å². The lowest BCUT2D eigenvalue weighted by atomic mass is 10.1. The largest absolute Gasteiger partial charge is 0.385 e. The molecule has 5 heteroatoms. The lowest BCUT2D eigenvalue weighted by Crippen LogP contribution is -2.30. The van der Waals surface area contributed by atoms with Gasteiger partial charge in [-0.1, -0.05) is 30.3 Å². The second-order valence-corrected chi connectivity index (χ2v) is 6.12. The summed E-state index contributed by atoms with van der Waals surface area (Å²) in [4.78, 5) is 11.9. The fourth-order valence-corrected chi connectivity index (χ4v) is 2.96. The smallest absolute Gasteiger partial charge is 0.163 e. The minimum Gasteiger partial charge on any atom is -0.385 e. The van der Waals surface area contributed by atoms with Gasteiger partial charge in [0.2, 0.25) is 0 Å². The van der Waals surface area contributed by atoms with Gasteiger partial charge in [-0.3, -0.25) is 0 Å². The van der Waals surface area contributed by atoms with Gasteiger partial charge in [0.05, 0.1) is 0 Å². The molecular formula is C19H26N4O. The van der Waals surface area contributed by atoms with Crippen molar-refractivity contribution in [2.45, 2.75) is 25.7 Å². The maximum Gasteiger partial charge on any atom is 0.163 e. The minimum absolute atomic E-state index is 0.753. The molecule has 2 aromatic rings. The highest BCUT2D eigenvalue weighted by molar-refractivity contribution is 5.61. The SMILES string of the molecule is COCCCNc1cc(N2CCCCC2)nc(-c2ccccc2)n1. The molecule has 0 amide bonds. The van der Waals surface area contributed by atoms with Crippen molar-refractivity contribution >= 4 is 11.6 Å². The summed E-state index contributed by atoms with van der Waals surface area (Å²) in [6.45, 7) is 3.75. The average Bonchev–Trinajstić information content (AvgIpc) is 2.66. The zero-order valence-electron chi connectivity index (χ0n) is 14.4. The number of nitrogens with zero attached hydrogens (tertiary/aromatic N) is 3. The van der Waals surface area contributed by atoms with Gasteiger partial charge >= 0.3 is 0 Å². The molecule has 1 aliphatic rings. The molecule has 0 radical (unpaired) electrons. The number of rotatable bonds is 7. The average molecular weight is 326 g/mol. The van der Waals surface area contributed by atoms with Crippen molar-refractivity contribution in [3.8, 4) is 11.4 Å². The Bertz CT molecular complexity index is 627. The topological polar surface area (TPSA) is 50.3 Å². The number of hydrogen-bond donors (Lipinski definition) is 1. The van der Waals surface area contributed by atoms with Crippen molar-refractivity contribution < 1.29 is 4.74 Å². The summed E-state index contributed by atoms with van der Waals surface area (Å²) in [7, 11) is 1.73. The zero-order chi connectivity index (χ0) is 16.6. The maximum absolute atomic E-state index is 5.11. The van der Waals surface area contributed by atoms with E-state index in [1.54, 1.807) is 7.11 Å². The third-order valence-electron chi connectivity index (χ3n) is 4.26. The predicted molar refractivity (Wildman–Crippen MR) is 98.5 cm³/mol. The van der Waals surface area contributed by atoms with Crippen LogP contribution in [0, 0.1) is 0 Å². The van der Waals surface area contributed by atoms with Crippen molar-refractivity contribution in [1.82, 2.24) is 9.97 Å². The second-order valence-electron chi connectivity index (χ2n) is 6.12. The molecule has 128 valence electrons. The van der Waals surface area contributed by atoms with E-state index in [9.17, 15) is 0 Å². The Labute approximate surface area is 144 Å². The summed E-state index contributed by atoms with van der Waals surface area (Å²) in [5, 5.41) is 3.41. The van der Waals surface area contributed by atoms with Crippen LogP contribution in [0.3, 0.4) is 0 Å². The summed E-state index contributed by atoms with van der Waals surface area (Å²) < 4.78 is 5.11. The molecule has 1 aromatic carbocycles. The van der Waals surface area contributed by atoms with Crippen LogP contribution in [0.1, 0.15) is 25.7 Å². The molecule has 0 aliphatic carbocycles. The molecule has 0 unspecified atom stereocenters. The number of ether oxygens (including phenoxy) is 1. The fourth-order valence-electron chi connectivity index (χ4n) is 2.96. The Hall–Kier alpha value is -2.14. The van der Waals surface area contributed by atoms with Crippen LogP contribution in [0.25, 0.3) is 11.4 Å². The van der Waals surface area contributed by atoms with Gasteiger partial charge in [0, 0.05) is 45.0 Å². The second kappa shape index (κ2) is 8.64. The first-order valence-electron chi connectivity index (χ1n) is 8.79. The van der Waals surface area contributed by atoms with Crippen molar-refractivity contribution in [3.05, 3.63) is 36.4 Å². The minimum atomic E-state index is 0.753. The molecule has 24 heavy (non-hydrogen) atoms. The standard InChI is InChI=1S/C19H26N4O/c1-24-14-8-11-20-17-15-18(23-12-6-3-7-13-23)22-19(21-17)16-9-4-2-5-10-16/h2,4-5,9-10,15H,3,6-8,11-14H2,1H3,(H,20,21,22).